The van der Waals surface area contributed by atoms with Crippen molar-refractivity contribution in [2.24, 2.45) is 17.8 Å². The van der Waals surface area contributed by atoms with E-state index >= 15 is 0 Å². The minimum atomic E-state index is -2.06. The number of hydrogen-bond donors (Lipinski definition) is 1. The first-order valence-corrected chi connectivity index (χ1v) is 23.5. The molecule has 0 spiro atoms. The van der Waals surface area contributed by atoms with Gasteiger partial charge in [-0.3, -0.25) is 4.79 Å². The highest BCUT2D eigenvalue weighted by atomic mass is 28.4. The minimum absolute atomic E-state index is 0.0440. The molecule has 310 valence electrons. The maximum absolute atomic E-state index is 13.7. The number of benzene rings is 1. The average Bonchev–Trinajstić information content (AvgIpc) is 3.94. The molecule has 0 saturated carbocycles. The number of aliphatic hydroxyl groups excluding tert-OH is 1. The lowest BCUT2D eigenvalue weighted by Gasteiger charge is -2.39. The predicted molar refractivity (Wildman–Crippen MR) is 221 cm³/mol. The van der Waals surface area contributed by atoms with Gasteiger partial charge in [0.2, 0.25) is 0 Å². The molecular formula is C45H72O9Si. The summed E-state index contributed by atoms with van der Waals surface area (Å²) in [7, 11) is -2.06. The van der Waals surface area contributed by atoms with Crippen LogP contribution in [0.1, 0.15) is 119 Å². The zero-order valence-electron chi connectivity index (χ0n) is 35.6. The van der Waals surface area contributed by atoms with Gasteiger partial charge in [0.1, 0.15) is 18.3 Å². The van der Waals surface area contributed by atoms with Crippen molar-refractivity contribution >= 4 is 20.3 Å². The van der Waals surface area contributed by atoms with Crippen LogP contribution in [0.15, 0.2) is 66.3 Å². The SMILES string of the molecule is CCOC(C)OC1(C)CCC(O[Si](CC)(CC)CC)CC(=O)OC(C(C)=CC=CC(C)CC2OC2C(C)C(CC)OC(=O)c2ccccc2)C(C)C=CC1O. The summed E-state index contributed by atoms with van der Waals surface area (Å²) in [5, 5.41) is 11.6. The van der Waals surface area contributed by atoms with E-state index in [9.17, 15) is 14.7 Å². The van der Waals surface area contributed by atoms with Crippen molar-refractivity contribution in [1.29, 1.82) is 0 Å². The van der Waals surface area contributed by atoms with Crippen LogP contribution in [0.5, 0.6) is 0 Å². The van der Waals surface area contributed by atoms with Crippen molar-refractivity contribution in [3.63, 3.8) is 0 Å². The second-order valence-corrected chi connectivity index (χ2v) is 20.7. The first-order chi connectivity index (χ1) is 26.1. The Kier molecular flexibility index (Phi) is 19.0. The second-order valence-electron chi connectivity index (χ2n) is 16.0. The number of epoxide rings is 1. The second kappa shape index (κ2) is 22.4. The Bertz CT molecular complexity index is 1400. The molecule has 1 aromatic carbocycles. The molecule has 10 heteroatoms. The van der Waals surface area contributed by atoms with Crippen molar-refractivity contribution in [2.75, 3.05) is 6.61 Å². The lowest BCUT2D eigenvalue weighted by atomic mass is 9.88. The Morgan fingerprint density at radius 1 is 1.05 bits per heavy atom. The fourth-order valence-electron chi connectivity index (χ4n) is 7.80. The molecule has 2 aliphatic rings. The third-order valence-corrected chi connectivity index (χ3v) is 16.4. The third-order valence-electron chi connectivity index (χ3n) is 11.8. The van der Waals surface area contributed by atoms with E-state index in [1.807, 2.05) is 78.0 Å². The molecule has 9 nitrogen and oxygen atoms in total. The summed E-state index contributed by atoms with van der Waals surface area (Å²) >= 11 is 0. The molecule has 0 bridgehead atoms. The summed E-state index contributed by atoms with van der Waals surface area (Å²) in [4.78, 5) is 26.4. The van der Waals surface area contributed by atoms with Crippen molar-refractivity contribution < 1.29 is 42.8 Å². The standard InChI is InChI=1S/C45H72O9Si/c1-12-38(51-44(48)36-23-18-17-19-24-36)34(9)43-39(50-43)29-31(6)21-20-22-32(7)42-33(8)25-26-40(46)45(11,53-35(10)49-13-2)28-27-37(30-41(47)52-42)54-55(14-3,15-4)16-5/h17-26,31,33-35,37-40,42-43,46H,12-16,27-30H2,1-11H3. The third kappa shape index (κ3) is 14.1. The van der Waals surface area contributed by atoms with Gasteiger partial charge in [-0.2, -0.15) is 0 Å². The Morgan fingerprint density at radius 2 is 1.73 bits per heavy atom. The normalized spacial score (nSPS) is 29.1. The van der Waals surface area contributed by atoms with Crippen molar-refractivity contribution in [3.8, 4) is 0 Å². The Balaban J connectivity index is 1.73. The van der Waals surface area contributed by atoms with Crippen LogP contribution >= 0.6 is 0 Å². The summed E-state index contributed by atoms with van der Waals surface area (Å²) in [5.74, 6) is -0.489. The average molecular weight is 785 g/mol. The van der Waals surface area contributed by atoms with E-state index in [1.54, 1.807) is 18.2 Å². The number of ether oxygens (including phenoxy) is 5. The summed E-state index contributed by atoms with van der Waals surface area (Å²) in [6.07, 6.45) is 10.3. The lowest BCUT2D eigenvalue weighted by molar-refractivity contribution is -0.221. The van der Waals surface area contributed by atoms with Gasteiger partial charge in [-0.25, -0.2) is 4.79 Å². The van der Waals surface area contributed by atoms with Crippen LogP contribution in [0, 0.1) is 17.8 Å². The maximum atomic E-state index is 13.7. The molecule has 0 amide bonds. The van der Waals surface area contributed by atoms with Gasteiger partial charge in [0.15, 0.2) is 14.6 Å². The molecule has 0 aromatic heterocycles. The molecule has 2 heterocycles. The zero-order chi connectivity index (χ0) is 40.8. The Morgan fingerprint density at radius 3 is 2.35 bits per heavy atom. The summed E-state index contributed by atoms with van der Waals surface area (Å²) in [6, 6.07) is 12.0. The highest BCUT2D eigenvalue weighted by molar-refractivity contribution is 6.73. The minimum Gasteiger partial charge on any atom is -0.458 e. The monoisotopic (exact) mass is 784 g/mol. The van der Waals surface area contributed by atoms with Crippen LogP contribution in [0.2, 0.25) is 18.1 Å². The highest BCUT2D eigenvalue weighted by Gasteiger charge is 2.46. The van der Waals surface area contributed by atoms with Crippen molar-refractivity contribution in [1.82, 2.24) is 0 Å². The molecule has 11 atom stereocenters. The van der Waals surface area contributed by atoms with E-state index in [0.717, 1.165) is 36.5 Å². The lowest BCUT2D eigenvalue weighted by Crippen LogP contribution is -2.46. The van der Waals surface area contributed by atoms with E-state index in [1.165, 1.54) is 0 Å². The molecule has 0 aliphatic carbocycles. The van der Waals surface area contributed by atoms with E-state index in [0.29, 0.717) is 25.0 Å². The molecule has 1 aromatic rings. The number of carbonyl (C=O) groups is 2. The van der Waals surface area contributed by atoms with Crippen LogP contribution in [0.4, 0.5) is 0 Å². The molecule has 55 heavy (non-hydrogen) atoms. The van der Waals surface area contributed by atoms with Crippen LogP contribution in [-0.4, -0.2) is 80.5 Å². The van der Waals surface area contributed by atoms with Gasteiger partial charge in [-0.15, -0.1) is 0 Å². The van der Waals surface area contributed by atoms with Gasteiger partial charge >= 0.3 is 11.9 Å². The molecule has 1 fully saturated rings. The largest absolute Gasteiger partial charge is 0.458 e. The van der Waals surface area contributed by atoms with Crippen LogP contribution in [0.3, 0.4) is 0 Å². The molecule has 3 rings (SSSR count). The smallest absolute Gasteiger partial charge is 0.338 e. The van der Waals surface area contributed by atoms with E-state index in [2.05, 4.69) is 40.7 Å². The predicted octanol–water partition coefficient (Wildman–Crippen LogP) is 9.75. The molecular weight excluding hydrogens is 713 g/mol. The van der Waals surface area contributed by atoms with E-state index < -0.39 is 32.4 Å². The highest BCUT2D eigenvalue weighted by Crippen LogP contribution is 2.38. The number of rotatable bonds is 19. The number of esters is 2. The number of allylic oxidation sites excluding steroid dienone is 3. The van der Waals surface area contributed by atoms with E-state index in [-0.39, 0.29) is 60.5 Å². The van der Waals surface area contributed by atoms with Crippen LogP contribution in [-0.2, 0) is 32.9 Å². The van der Waals surface area contributed by atoms with Gasteiger partial charge in [0, 0.05) is 18.4 Å². The first-order valence-electron chi connectivity index (χ1n) is 20.9. The van der Waals surface area contributed by atoms with Crippen molar-refractivity contribution in [2.45, 2.75) is 175 Å². The van der Waals surface area contributed by atoms with E-state index in [4.69, 9.17) is 28.1 Å². The summed E-state index contributed by atoms with van der Waals surface area (Å²) in [5.41, 5.74) is 0.511. The van der Waals surface area contributed by atoms with Gasteiger partial charge < -0.3 is 33.2 Å². The maximum Gasteiger partial charge on any atom is 0.338 e. The topological polar surface area (TPSA) is 113 Å². The number of cyclic esters (lactones) is 1. The first kappa shape index (κ1) is 46.8. The quantitative estimate of drug-likeness (QED) is 0.0366. The Hall–Kier alpha value is -2.60. The molecule has 0 radical (unpaired) electrons. The number of hydrogen-bond acceptors (Lipinski definition) is 9. The molecule has 2 aliphatic heterocycles. The fraction of sp³-hybridized carbons (Fsp3) is 0.689. The van der Waals surface area contributed by atoms with Crippen LogP contribution < -0.4 is 0 Å². The summed E-state index contributed by atoms with van der Waals surface area (Å²) < 4.78 is 37.2. The number of aliphatic hydroxyl groups is 1. The van der Waals surface area contributed by atoms with Crippen molar-refractivity contribution in [3.05, 3.63) is 71.8 Å². The van der Waals surface area contributed by atoms with Crippen LogP contribution in [0.25, 0.3) is 0 Å². The zero-order valence-corrected chi connectivity index (χ0v) is 36.6. The Labute approximate surface area is 333 Å². The van der Waals surface area contributed by atoms with Gasteiger partial charge in [0.05, 0.1) is 35.9 Å². The summed E-state index contributed by atoms with van der Waals surface area (Å²) in [6.45, 7) is 23.0. The molecule has 11 unspecified atom stereocenters. The molecule has 1 N–H and O–H groups in total. The molecule has 1 saturated heterocycles. The van der Waals surface area contributed by atoms with Gasteiger partial charge in [-0.1, -0.05) is 97.0 Å². The van der Waals surface area contributed by atoms with Gasteiger partial charge in [0.25, 0.3) is 0 Å². The fourth-order valence-corrected chi connectivity index (χ4v) is 10.7. The van der Waals surface area contributed by atoms with Gasteiger partial charge in [-0.05, 0) is 95.1 Å². The number of carbonyl (C=O) groups excluding carboxylic acids is 2.